The smallest absolute Gasteiger partial charge is 0.138 e. The summed E-state index contributed by atoms with van der Waals surface area (Å²) >= 11 is 0. The Labute approximate surface area is 195 Å². The van der Waals surface area contributed by atoms with Crippen LogP contribution in [-0.2, 0) is 4.79 Å². The van der Waals surface area contributed by atoms with E-state index in [1.54, 1.807) is 0 Å². The van der Waals surface area contributed by atoms with Gasteiger partial charge in [0, 0.05) is 18.2 Å². The van der Waals surface area contributed by atoms with Crippen molar-refractivity contribution in [2.24, 2.45) is 23.2 Å². The van der Waals surface area contributed by atoms with Crippen LogP contribution in [0.25, 0.3) is 5.57 Å². The lowest BCUT2D eigenvalue weighted by molar-refractivity contribution is -0.108. The van der Waals surface area contributed by atoms with E-state index in [0.717, 1.165) is 24.9 Å². The fourth-order valence-electron chi connectivity index (χ4n) is 7.14. The Morgan fingerprint density at radius 3 is 2.66 bits per heavy atom. The molecule has 32 heavy (non-hydrogen) atoms. The number of hydrogen-bond acceptors (Lipinski definition) is 4. The maximum atomic E-state index is 11.3. The molecule has 5 unspecified atom stereocenters. The molecule has 0 aromatic carbocycles. The molecular formula is C28H44N2O2. The number of hydrogen-bond donors (Lipinski definition) is 0. The molecule has 2 aliphatic carbocycles. The highest BCUT2D eigenvalue weighted by atomic mass is 16.5. The molecule has 2 fully saturated rings. The largest absolute Gasteiger partial charge is 0.492 e. The Balaban J connectivity index is 0.00000141. The minimum absolute atomic E-state index is 0.157. The second-order valence-electron chi connectivity index (χ2n) is 10.2. The van der Waals surface area contributed by atoms with E-state index in [2.05, 4.69) is 42.9 Å². The lowest BCUT2D eigenvalue weighted by atomic mass is 9.53. The maximum absolute atomic E-state index is 11.3. The van der Waals surface area contributed by atoms with Crippen LogP contribution in [-0.4, -0.2) is 41.9 Å². The maximum Gasteiger partial charge on any atom is 0.138 e. The molecular weight excluding hydrogens is 396 g/mol. The summed E-state index contributed by atoms with van der Waals surface area (Å²) in [5, 5.41) is 0. The molecule has 0 bridgehead atoms. The summed E-state index contributed by atoms with van der Waals surface area (Å²) in [4.78, 5) is 18.4. The summed E-state index contributed by atoms with van der Waals surface area (Å²) in [6, 6.07) is 2.16. The monoisotopic (exact) mass is 440 g/mol. The lowest BCUT2D eigenvalue weighted by Gasteiger charge is -2.54. The van der Waals surface area contributed by atoms with Crippen molar-refractivity contribution in [2.45, 2.75) is 85.1 Å². The minimum Gasteiger partial charge on any atom is -0.492 e. The van der Waals surface area contributed by atoms with Gasteiger partial charge in [0.15, 0.2) is 0 Å². The van der Waals surface area contributed by atoms with Gasteiger partial charge >= 0.3 is 0 Å². The third-order valence-corrected chi connectivity index (χ3v) is 8.82. The highest BCUT2D eigenvalue weighted by Crippen LogP contribution is 2.62. The van der Waals surface area contributed by atoms with Gasteiger partial charge in [0.25, 0.3) is 0 Å². The minimum atomic E-state index is 0.157. The fraction of sp³-hybridized carbons (Fsp3) is 0.714. The molecule has 5 atom stereocenters. The van der Waals surface area contributed by atoms with E-state index in [0.29, 0.717) is 30.8 Å². The number of pyridine rings is 1. The third-order valence-electron chi connectivity index (χ3n) is 8.82. The third kappa shape index (κ3) is 4.40. The number of carbonyl (C=O) groups excluding carboxylic acids is 1. The zero-order valence-electron chi connectivity index (χ0n) is 21.2. The summed E-state index contributed by atoms with van der Waals surface area (Å²) in [5.41, 5.74) is 3.09. The van der Waals surface area contributed by atoms with E-state index >= 15 is 0 Å². The zero-order chi connectivity index (χ0) is 23.4. The van der Waals surface area contributed by atoms with Gasteiger partial charge in [-0.15, -0.1) is 0 Å². The quantitative estimate of drug-likeness (QED) is 0.460. The number of allylic oxidation sites excluding steroid dienone is 2. The molecule has 0 spiro atoms. The molecule has 4 heteroatoms. The van der Waals surface area contributed by atoms with Crippen molar-refractivity contribution in [2.75, 3.05) is 20.2 Å². The van der Waals surface area contributed by atoms with Gasteiger partial charge in [-0.2, -0.15) is 0 Å². The average molecular weight is 441 g/mol. The van der Waals surface area contributed by atoms with E-state index < -0.39 is 0 Å². The molecule has 0 amide bonds. The molecule has 1 aliphatic heterocycles. The first-order chi connectivity index (χ1) is 15.4. The van der Waals surface area contributed by atoms with Crippen LogP contribution in [0, 0.1) is 23.2 Å². The van der Waals surface area contributed by atoms with E-state index in [9.17, 15) is 4.79 Å². The van der Waals surface area contributed by atoms with Gasteiger partial charge in [-0.25, -0.2) is 0 Å². The van der Waals surface area contributed by atoms with Crippen LogP contribution in [0.2, 0.25) is 0 Å². The SMILES string of the molecule is CC.CCOc1cncc(C2=CCC3C(CCC=O)C(C4(C)CCCN4C)CCC23C)c1. The van der Waals surface area contributed by atoms with Crippen LogP contribution in [0.3, 0.4) is 0 Å². The van der Waals surface area contributed by atoms with Crippen LogP contribution in [0.4, 0.5) is 0 Å². The van der Waals surface area contributed by atoms with Crippen molar-refractivity contribution in [3.63, 3.8) is 0 Å². The van der Waals surface area contributed by atoms with Gasteiger partial charge in [0.05, 0.1) is 12.8 Å². The van der Waals surface area contributed by atoms with Crippen LogP contribution < -0.4 is 4.74 Å². The molecule has 3 aliphatic rings. The molecule has 1 saturated heterocycles. The topological polar surface area (TPSA) is 42.4 Å². The highest BCUT2D eigenvalue weighted by Gasteiger charge is 2.55. The fourth-order valence-corrected chi connectivity index (χ4v) is 7.14. The first-order valence-corrected chi connectivity index (χ1v) is 12.9. The van der Waals surface area contributed by atoms with Gasteiger partial charge in [-0.3, -0.25) is 4.98 Å². The molecule has 0 radical (unpaired) electrons. The summed E-state index contributed by atoms with van der Waals surface area (Å²) in [6.45, 7) is 12.8. The Kier molecular flexibility index (Phi) is 8.19. The van der Waals surface area contributed by atoms with Crippen molar-refractivity contribution >= 4 is 11.9 Å². The van der Waals surface area contributed by atoms with Gasteiger partial charge in [0.1, 0.15) is 12.0 Å². The molecule has 2 heterocycles. The van der Waals surface area contributed by atoms with Crippen LogP contribution >= 0.6 is 0 Å². The van der Waals surface area contributed by atoms with Gasteiger partial charge in [-0.05, 0) is 106 Å². The molecule has 1 saturated carbocycles. The Morgan fingerprint density at radius 2 is 2.00 bits per heavy atom. The highest BCUT2D eigenvalue weighted by molar-refractivity contribution is 5.73. The van der Waals surface area contributed by atoms with Crippen molar-refractivity contribution in [1.29, 1.82) is 0 Å². The lowest BCUT2D eigenvalue weighted by Crippen LogP contribution is -2.53. The predicted molar refractivity (Wildman–Crippen MR) is 133 cm³/mol. The zero-order valence-corrected chi connectivity index (χ0v) is 21.2. The van der Waals surface area contributed by atoms with Crippen molar-refractivity contribution in [1.82, 2.24) is 9.88 Å². The Bertz CT molecular complexity index is 806. The molecule has 4 nitrogen and oxygen atoms in total. The number of ether oxygens (including phenoxy) is 1. The number of aldehydes is 1. The van der Waals surface area contributed by atoms with Crippen molar-refractivity contribution in [3.8, 4) is 5.75 Å². The first kappa shape index (κ1) is 25.0. The second-order valence-corrected chi connectivity index (χ2v) is 10.2. The van der Waals surface area contributed by atoms with E-state index in [1.807, 2.05) is 33.2 Å². The van der Waals surface area contributed by atoms with Crippen LogP contribution in [0.1, 0.15) is 85.1 Å². The number of carbonyl (C=O) groups is 1. The number of fused-ring (bicyclic) bond motifs is 1. The number of likely N-dealkylation sites (tertiary alicyclic amines) is 1. The van der Waals surface area contributed by atoms with Crippen LogP contribution in [0.5, 0.6) is 5.75 Å². The number of nitrogens with zero attached hydrogens (tertiary/aromatic N) is 2. The molecule has 1 aromatic heterocycles. The molecule has 0 N–H and O–H groups in total. The molecule has 178 valence electrons. The van der Waals surface area contributed by atoms with Crippen molar-refractivity contribution in [3.05, 3.63) is 30.1 Å². The number of aromatic nitrogens is 1. The number of rotatable bonds is 7. The normalized spacial score (nSPS) is 34.3. The Hall–Kier alpha value is -1.68. The summed E-state index contributed by atoms with van der Waals surface area (Å²) < 4.78 is 5.72. The van der Waals surface area contributed by atoms with Crippen molar-refractivity contribution < 1.29 is 9.53 Å². The Morgan fingerprint density at radius 1 is 1.22 bits per heavy atom. The molecule has 4 rings (SSSR count). The summed E-state index contributed by atoms with van der Waals surface area (Å²) in [5.74, 6) is 2.72. The predicted octanol–water partition coefficient (Wildman–Crippen LogP) is 6.41. The van der Waals surface area contributed by atoms with Gasteiger partial charge < -0.3 is 14.4 Å². The standard InChI is InChI=1S/C26H38N2O2.C2H6/c1-5-30-20-16-19(17-27-18-20)22-9-10-23-21(8-6-15-29)24(11-13-25(22,23)2)26(3)12-7-14-28(26)4;1-2/h9,15-18,21,23-24H,5-8,10-14H2,1-4H3;1-2H3. The van der Waals surface area contributed by atoms with Crippen LogP contribution in [0.15, 0.2) is 24.5 Å². The average Bonchev–Trinajstić information content (AvgIpc) is 3.33. The summed E-state index contributed by atoms with van der Waals surface area (Å²) in [7, 11) is 2.31. The van der Waals surface area contributed by atoms with E-state index in [1.165, 1.54) is 43.4 Å². The molecule has 1 aromatic rings. The van der Waals surface area contributed by atoms with Gasteiger partial charge in [-0.1, -0.05) is 26.8 Å². The van der Waals surface area contributed by atoms with E-state index in [4.69, 9.17) is 4.74 Å². The first-order valence-electron chi connectivity index (χ1n) is 12.9. The van der Waals surface area contributed by atoms with Gasteiger partial charge in [0.2, 0.25) is 0 Å². The second kappa shape index (κ2) is 10.5. The van der Waals surface area contributed by atoms with E-state index in [-0.39, 0.29) is 11.0 Å². The summed E-state index contributed by atoms with van der Waals surface area (Å²) in [6.07, 6.45) is 15.3.